The maximum atomic E-state index is 13.2. The lowest BCUT2D eigenvalue weighted by Gasteiger charge is -2.27. The van der Waals surface area contributed by atoms with Gasteiger partial charge in [0.2, 0.25) is 0 Å². The number of halogens is 6. The van der Waals surface area contributed by atoms with Crippen LogP contribution in [0.1, 0.15) is 16.5 Å². The summed E-state index contributed by atoms with van der Waals surface area (Å²) in [6.07, 6.45) is -5.58. The molecule has 0 amide bonds. The van der Waals surface area contributed by atoms with Crippen molar-refractivity contribution in [2.75, 3.05) is 7.05 Å². The van der Waals surface area contributed by atoms with Gasteiger partial charge in [0.1, 0.15) is 6.04 Å². The molecule has 1 N–H and O–H groups in total. The maximum absolute atomic E-state index is 13.2. The first kappa shape index (κ1) is 14.8. The molecule has 1 heterocycles. The number of rotatable bonds is 3. The molecule has 0 saturated heterocycles. The first-order chi connectivity index (χ1) is 7.61. The van der Waals surface area contributed by atoms with Crippen LogP contribution >= 0.6 is 27.3 Å². The van der Waals surface area contributed by atoms with E-state index in [1.807, 2.05) is 5.32 Å². The molecule has 17 heavy (non-hydrogen) atoms. The standard InChI is InChI=1S/C9H9BrF5NS/c1-4-3-5(17-7(4)10)6(16-2)8(11,12)9(13,14)15/h3,6,16H,1-2H3. The predicted octanol–water partition coefficient (Wildman–Crippen LogP) is 4.28. The van der Waals surface area contributed by atoms with E-state index >= 15 is 0 Å². The van der Waals surface area contributed by atoms with E-state index < -0.39 is 18.1 Å². The van der Waals surface area contributed by atoms with Crippen LogP contribution in [-0.2, 0) is 0 Å². The molecule has 0 saturated carbocycles. The van der Waals surface area contributed by atoms with Crippen LogP contribution in [-0.4, -0.2) is 19.1 Å². The van der Waals surface area contributed by atoms with Crippen molar-refractivity contribution >= 4 is 27.3 Å². The number of thiophene rings is 1. The third-order valence-electron chi connectivity index (χ3n) is 2.19. The molecule has 0 aliphatic heterocycles. The van der Waals surface area contributed by atoms with Gasteiger partial charge in [0.05, 0.1) is 3.79 Å². The Morgan fingerprint density at radius 2 is 1.82 bits per heavy atom. The molecule has 1 nitrogen and oxygen atoms in total. The molecule has 1 rings (SSSR count). The summed E-state index contributed by atoms with van der Waals surface area (Å²) in [5.74, 6) is -4.81. The molecule has 8 heteroatoms. The largest absolute Gasteiger partial charge is 0.455 e. The Labute approximate surface area is 107 Å². The monoisotopic (exact) mass is 337 g/mol. The minimum Gasteiger partial charge on any atom is -0.307 e. The van der Waals surface area contributed by atoms with E-state index in [-0.39, 0.29) is 4.88 Å². The third kappa shape index (κ3) is 2.79. The van der Waals surface area contributed by atoms with Crippen LogP contribution in [0.15, 0.2) is 9.85 Å². The van der Waals surface area contributed by atoms with Gasteiger partial charge in [0.25, 0.3) is 0 Å². The second kappa shape index (κ2) is 4.81. The van der Waals surface area contributed by atoms with Crippen molar-refractivity contribution in [3.05, 3.63) is 20.3 Å². The van der Waals surface area contributed by atoms with Gasteiger partial charge >= 0.3 is 12.1 Å². The first-order valence-corrected chi connectivity index (χ1v) is 6.10. The molecule has 0 aliphatic carbocycles. The topological polar surface area (TPSA) is 12.0 Å². The van der Waals surface area contributed by atoms with Crippen LogP contribution < -0.4 is 5.32 Å². The van der Waals surface area contributed by atoms with Gasteiger partial charge in [0, 0.05) is 4.88 Å². The second-order valence-corrected chi connectivity index (χ2v) is 5.85. The average molecular weight is 338 g/mol. The van der Waals surface area contributed by atoms with Crippen LogP contribution in [0.4, 0.5) is 22.0 Å². The number of alkyl halides is 5. The normalized spacial score (nSPS) is 15.1. The highest BCUT2D eigenvalue weighted by molar-refractivity contribution is 9.11. The van der Waals surface area contributed by atoms with E-state index in [1.165, 1.54) is 6.07 Å². The Kier molecular flexibility index (Phi) is 4.20. The molecule has 0 bridgehead atoms. The molecule has 0 aromatic carbocycles. The molecule has 1 unspecified atom stereocenters. The summed E-state index contributed by atoms with van der Waals surface area (Å²) in [4.78, 5) is -0.0563. The van der Waals surface area contributed by atoms with Gasteiger partial charge < -0.3 is 5.32 Å². The molecular weight excluding hydrogens is 329 g/mol. The van der Waals surface area contributed by atoms with E-state index in [9.17, 15) is 22.0 Å². The Morgan fingerprint density at radius 1 is 1.29 bits per heavy atom. The molecule has 1 atom stereocenters. The van der Waals surface area contributed by atoms with Crippen molar-refractivity contribution in [3.8, 4) is 0 Å². The van der Waals surface area contributed by atoms with E-state index in [4.69, 9.17) is 0 Å². The van der Waals surface area contributed by atoms with Gasteiger partial charge in [-0.05, 0) is 41.5 Å². The Balaban J connectivity index is 3.16. The fraction of sp³-hybridized carbons (Fsp3) is 0.556. The Morgan fingerprint density at radius 3 is 2.12 bits per heavy atom. The molecular formula is C9H9BrF5NS. The molecule has 0 fully saturated rings. The molecule has 0 radical (unpaired) electrons. The predicted molar refractivity (Wildman–Crippen MR) is 59.6 cm³/mol. The van der Waals surface area contributed by atoms with Crippen molar-refractivity contribution < 1.29 is 22.0 Å². The van der Waals surface area contributed by atoms with Crippen molar-refractivity contribution in [1.82, 2.24) is 5.32 Å². The first-order valence-electron chi connectivity index (χ1n) is 4.49. The lowest BCUT2D eigenvalue weighted by Crippen LogP contribution is -2.46. The fourth-order valence-electron chi connectivity index (χ4n) is 1.29. The third-order valence-corrected chi connectivity index (χ3v) is 4.39. The molecule has 0 aliphatic rings. The van der Waals surface area contributed by atoms with Crippen LogP contribution in [0, 0.1) is 6.92 Å². The number of hydrogen-bond donors (Lipinski definition) is 1. The fourth-order valence-corrected chi connectivity index (χ4v) is 3.01. The van der Waals surface area contributed by atoms with Gasteiger partial charge in [-0.2, -0.15) is 22.0 Å². The van der Waals surface area contributed by atoms with Crippen LogP contribution in [0.2, 0.25) is 0 Å². The van der Waals surface area contributed by atoms with Gasteiger partial charge in [-0.3, -0.25) is 0 Å². The van der Waals surface area contributed by atoms with E-state index in [0.717, 1.165) is 18.4 Å². The minimum absolute atomic E-state index is 0.0563. The zero-order valence-corrected chi connectivity index (χ0v) is 11.2. The van der Waals surface area contributed by atoms with E-state index in [0.29, 0.717) is 9.35 Å². The van der Waals surface area contributed by atoms with Crippen molar-refractivity contribution in [3.63, 3.8) is 0 Å². The Hall–Kier alpha value is -0.210. The quantitative estimate of drug-likeness (QED) is 0.812. The van der Waals surface area contributed by atoms with Gasteiger partial charge in [0.15, 0.2) is 0 Å². The summed E-state index contributed by atoms with van der Waals surface area (Å²) in [6.45, 7) is 1.63. The van der Waals surface area contributed by atoms with E-state index in [2.05, 4.69) is 15.9 Å². The second-order valence-electron chi connectivity index (χ2n) is 3.45. The highest BCUT2D eigenvalue weighted by Crippen LogP contribution is 2.46. The minimum atomic E-state index is -5.58. The lowest BCUT2D eigenvalue weighted by atomic mass is 10.1. The number of aryl methyl sites for hydroxylation is 1. The van der Waals surface area contributed by atoms with Gasteiger partial charge in [-0.25, -0.2) is 0 Å². The summed E-state index contributed by atoms with van der Waals surface area (Å²) in [7, 11) is 1.08. The molecule has 1 aromatic heterocycles. The number of nitrogens with one attached hydrogen (secondary N) is 1. The van der Waals surface area contributed by atoms with Crippen molar-refractivity contribution in [2.45, 2.75) is 25.1 Å². The smallest absolute Gasteiger partial charge is 0.307 e. The van der Waals surface area contributed by atoms with Gasteiger partial charge in [-0.15, -0.1) is 11.3 Å². The zero-order chi connectivity index (χ0) is 13.4. The van der Waals surface area contributed by atoms with Crippen LogP contribution in [0.5, 0.6) is 0 Å². The van der Waals surface area contributed by atoms with Crippen molar-refractivity contribution in [1.29, 1.82) is 0 Å². The SMILES string of the molecule is CNC(c1cc(C)c(Br)s1)C(F)(F)C(F)(F)F. The molecule has 1 aromatic rings. The van der Waals surface area contributed by atoms with E-state index in [1.54, 1.807) is 6.92 Å². The molecule has 98 valence electrons. The summed E-state index contributed by atoms with van der Waals surface area (Å²) in [5, 5.41) is 2.03. The summed E-state index contributed by atoms with van der Waals surface area (Å²) in [6, 6.07) is -0.757. The van der Waals surface area contributed by atoms with Crippen molar-refractivity contribution in [2.24, 2.45) is 0 Å². The summed E-state index contributed by atoms with van der Waals surface area (Å²) >= 11 is 3.96. The van der Waals surface area contributed by atoms with Crippen LogP contribution in [0.25, 0.3) is 0 Å². The maximum Gasteiger partial charge on any atom is 0.455 e. The summed E-state index contributed by atoms with van der Waals surface area (Å²) < 4.78 is 63.8. The highest BCUT2D eigenvalue weighted by Gasteiger charge is 2.62. The number of hydrogen-bond acceptors (Lipinski definition) is 2. The Bertz CT molecular complexity index is 381. The van der Waals surface area contributed by atoms with Crippen LogP contribution in [0.3, 0.4) is 0 Å². The summed E-state index contributed by atoms with van der Waals surface area (Å²) in [5.41, 5.74) is 0.628. The van der Waals surface area contributed by atoms with Gasteiger partial charge in [-0.1, -0.05) is 0 Å². The zero-order valence-electron chi connectivity index (χ0n) is 8.83. The average Bonchev–Trinajstić information content (AvgIpc) is 2.45. The molecule has 0 spiro atoms. The highest BCUT2D eigenvalue weighted by atomic mass is 79.9. The lowest BCUT2D eigenvalue weighted by molar-refractivity contribution is -0.293.